The summed E-state index contributed by atoms with van der Waals surface area (Å²) in [6, 6.07) is 34.8. The summed E-state index contributed by atoms with van der Waals surface area (Å²) in [5.74, 6) is 0. The smallest absolute Gasteiger partial charge is 0.0986 e. The molecule has 0 spiro atoms. The number of aromatic nitrogens is 3. The van der Waals surface area contributed by atoms with Crippen LogP contribution in [-0.2, 0) is 19.3 Å². The first-order valence-corrected chi connectivity index (χ1v) is 16.1. The maximum absolute atomic E-state index is 5.26. The Balaban J connectivity index is 0.950. The molecule has 2 aliphatic heterocycles. The fourth-order valence-electron chi connectivity index (χ4n) is 8.17. The van der Waals surface area contributed by atoms with E-state index < -0.39 is 0 Å². The molecule has 5 heteroatoms. The van der Waals surface area contributed by atoms with Crippen molar-refractivity contribution in [2.45, 2.75) is 19.3 Å². The monoisotopic (exact) mass is 599 g/mol. The highest BCUT2D eigenvalue weighted by Gasteiger charge is 2.27. The highest BCUT2D eigenvalue weighted by atomic mass is 14.8. The SMILES string of the molecule is c1ccc2c(c1)c1c(c3cccnc32)N=C(c2ccc3c(c2)Cc2cc(C4=Nc5c(c6cccnc6c6ncccc56)C4)ccc2-3)C1. The zero-order chi connectivity index (χ0) is 30.6. The molecule has 0 saturated heterocycles. The Bertz CT molecular complexity index is 2580. The van der Waals surface area contributed by atoms with E-state index in [-0.39, 0.29) is 0 Å². The molecule has 5 nitrogen and oxygen atoms in total. The molecule has 0 amide bonds. The molecule has 0 unspecified atom stereocenters. The van der Waals surface area contributed by atoms with Crippen LogP contribution >= 0.6 is 0 Å². The van der Waals surface area contributed by atoms with Gasteiger partial charge in [0.15, 0.2) is 0 Å². The summed E-state index contributed by atoms with van der Waals surface area (Å²) in [5, 5.41) is 5.78. The summed E-state index contributed by atoms with van der Waals surface area (Å²) in [6.07, 6.45) is 8.08. The Kier molecular flexibility index (Phi) is 4.95. The van der Waals surface area contributed by atoms with Crippen LogP contribution in [0.3, 0.4) is 0 Å². The van der Waals surface area contributed by atoms with E-state index >= 15 is 0 Å². The fraction of sp³-hybridized carbons (Fsp3) is 0.0714. The number of benzene rings is 5. The number of rotatable bonds is 2. The van der Waals surface area contributed by atoms with E-state index in [0.717, 1.165) is 74.8 Å². The number of fused-ring (bicyclic) bond motifs is 15. The Morgan fingerprint density at radius 1 is 0.404 bits per heavy atom. The zero-order valence-corrected chi connectivity index (χ0v) is 25.3. The number of pyridine rings is 3. The predicted octanol–water partition coefficient (Wildman–Crippen LogP) is 9.41. The van der Waals surface area contributed by atoms with Crippen LogP contribution in [0.5, 0.6) is 0 Å². The van der Waals surface area contributed by atoms with Gasteiger partial charge in [-0.3, -0.25) is 24.9 Å². The molecule has 218 valence electrons. The van der Waals surface area contributed by atoms with Crippen LogP contribution in [0.2, 0.25) is 0 Å². The van der Waals surface area contributed by atoms with Gasteiger partial charge in [0.25, 0.3) is 0 Å². The van der Waals surface area contributed by atoms with Crippen molar-refractivity contribution in [3.63, 3.8) is 0 Å². The summed E-state index contributed by atoms with van der Waals surface area (Å²) in [7, 11) is 0. The van der Waals surface area contributed by atoms with Crippen LogP contribution in [0.15, 0.2) is 126 Å². The Morgan fingerprint density at radius 2 is 0.894 bits per heavy atom. The van der Waals surface area contributed by atoms with Crippen LogP contribution in [0.4, 0.5) is 11.4 Å². The fourth-order valence-corrected chi connectivity index (χ4v) is 8.17. The molecule has 0 fully saturated rings. The standard InChI is InChI=1S/C42H25N5/c1-2-7-30-29(6-1)34-21-36(46-39(34)32-9-4-15-43-38(30)32)23-11-13-27-25(18-23)20-26-19-24(12-14-28(26)27)37-22-35-31-8-3-16-44-41(31)42-33(40(35)47-37)10-5-17-45-42/h1-19H,20-22H2. The molecule has 0 atom stereocenters. The maximum Gasteiger partial charge on any atom is 0.0986 e. The molecular weight excluding hydrogens is 574 g/mol. The minimum absolute atomic E-state index is 0.789. The first-order valence-electron chi connectivity index (χ1n) is 16.1. The van der Waals surface area contributed by atoms with Crippen LogP contribution in [0, 0.1) is 0 Å². The molecule has 1 aliphatic carbocycles. The lowest BCUT2D eigenvalue weighted by Gasteiger charge is -2.09. The van der Waals surface area contributed by atoms with Crippen molar-refractivity contribution in [2.75, 3.05) is 0 Å². The van der Waals surface area contributed by atoms with E-state index in [1.807, 2.05) is 36.8 Å². The highest BCUT2D eigenvalue weighted by Crippen LogP contribution is 2.45. The van der Waals surface area contributed by atoms with Gasteiger partial charge in [-0.05, 0) is 98.8 Å². The maximum atomic E-state index is 5.26. The van der Waals surface area contributed by atoms with Crippen molar-refractivity contribution >= 4 is 66.3 Å². The highest BCUT2D eigenvalue weighted by molar-refractivity contribution is 6.20. The van der Waals surface area contributed by atoms with Crippen molar-refractivity contribution in [3.8, 4) is 11.1 Å². The van der Waals surface area contributed by atoms with Crippen molar-refractivity contribution in [2.24, 2.45) is 9.98 Å². The van der Waals surface area contributed by atoms with Gasteiger partial charge in [-0.15, -0.1) is 0 Å². The molecule has 5 heterocycles. The predicted molar refractivity (Wildman–Crippen MR) is 191 cm³/mol. The number of nitrogens with zero attached hydrogens (tertiary/aromatic N) is 5. The molecule has 8 aromatic rings. The Hall–Kier alpha value is -6.07. The van der Waals surface area contributed by atoms with Gasteiger partial charge < -0.3 is 0 Å². The second-order valence-corrected chi connectivity index (χ2v) is 12.8. The van der Waals surface area contributed by atoms with Crippen LogP contribution in [0.1, 0.15) is 33.4 Å². The van der Waals surface area contributed by atoms with Gasteiger partial charge in [0.1, 0.15) is 0 Å². The molecule has 0 bridgehead atoms. The zero-order valence-electron chi connectivity index (χ0n) is 25.3. The lowest BCUT2D eigenvalue weighted by molar-refractivity contribution is 1.25. The minimum Gasteiger partial charge on any atom is -0.256 e. The summed E-state index contributed by atoms with van der Waals surface area (Å²) >= 11 is 0. The molecule has 0 radical (unpaired) electrons. The average molecular weight is 600 g/mol. The first-order chi connectivity index (χ1) is 23.3. The third-order valence-corrected chi connectivity index (χ3v) is 10.3. The van der Waals surface area contributed by atoms with Gasteiger partial charge in [0, 0.05) is 53.0 Å². The number of hydrogen-bond acceptors (Lipinski definition) is 5. The number of hydrogen-bond donors (Lipinski definition) is 0. The van der Waals surface area contributed by atoms with Crippen molar-refractivity contribution in [1.82, 2.24) is 15.0 Å². The Morgan fingerprint density at radius 3 is 1.53 bits per heavy atom. The summed E-state index contributed by atoms with van der Waals surface area (Å²) in [6.45, 7) is 0. The van der Waals surface area contributed by atoms with E-state index in [1.165, 1.54) is 55.3 Å². The van der Waals surface area contributed by atoms with E-state index in [4.69, 9.17) is 20.0 Å². The Labute approximate surface area is 270 Å². The molecule has 3 aromatic heterocycles. The van der Waals surface area contributed by atoms with Crippen molar-refractivity contribution in [3.05, 3.63) is 149 Å². The van der Waals surface area contributed by atoms with Gasteiger partial charge >= 0.3 is 0 Å². The van der Waals surface area contributed by atoms with Crippen molar-refractivity contribution < 1.29 is 0 Å². The first kappa shape index (κ1) is 25.2. The normalized spacial score (nSPS) is 14.4. The van der Waals surface area contributed by atoms with Crippen molar-refractivity contribution in [1.29, 1.82) is 0 Å². The van der Waals surface area contributed by atoms with Crippen LogP contribution < -0.4 is 0 Å². The lowest BCUT2D eigenvalue weighted by Crippen LogP contribution is -2.02. The van der Waals surface area contributed by atoms with Gasteiger partial charge in [0.2, 0.25) is 0 Å². The molecule has 47 heavy (non-hydrogen) atoms. The van der Waals surface area contributed by atoms with Gasteiger partial charge in [-0.25, -0.2) is 0 Å². The summed E-state index contributed by atoms with van der Waals surface area (Å²) in [4.78, 5) is 24.6. The molecule has 3 aliphatic rings. The second-order valence-electron chi connectivity index (χ2n) is 12.8. The molecule has 0 N–H and O–H groups in total. The lowest BCUT2D eigenvalue weighted by atomic mass is 9.94. The minimum atomic E-state index is 0.789. The molecule has 11 rings (SSSR count). The van der Waals surface area contributed by atoms with E-state index in [0.29, 0.717) is 0 Å². The quantitative estimate of drug-likeness (QED) is 0.186. The molecule has 5 aromatic carbocycles. The van der Waals surface area contributed by atoms with E-state index in [1.54, 1.807) is 0 Å². The van der Waals surface area contributed by atoms with E-state index in [2.05, 4.69) is 83.8 Å². The van der Waals surface area contributed by atoms with Gasteiger partial charge in [-0.2, -0.15) is 0 Å². The summed E-state index contributed by atoms with van der Waals surface area (Å²) < 4.78 is 0. The molecular formula is C42H25N5. The topological polar surface area (TPSA) is 63.4 Å². The van der Waals surface area contributed by atoms with Gasteiger partial charge in [0.05, 0.1) is 39.3 Å². The van der Waals surface area contributed by atoms with E-state index in [9.17, 15) is 0 Å². The third-order valence-electron chi connectivity index (χ3n) is 10.3. The largest absolute Gasteiger partial charge is 0.256 e. The molecule has 0 saturated carbocycles. The average Bonchev–Trinajstić information content (AvgIpc) is 3.87. The third kappa shape index (κ3) is 3.51. The van der Waals surface area contributed by atoms with Crippen LogP contribution in [0.25, 0.3) is 54.6 Å². The second kappa shape index (κ2) is 9.24. The van der Waals surface area contributed by atoms with Crippen LogP contribution in [-0.4, -0.2) is 26.4 Å². The summed E-state index contributed by atoms with van der Waals surface area (Å²) in [5.41, 5.74) is 17.5. The number of aliphatic imine (C=N–C) groups is 2. The van der Waals surface area contributed by atoms with Gasteiger partial charge in [-0.1, -0.05) is 54.6 Å².